The van der Waals surface area contributed by atoms with Crippen LogP contribution in [0.4, 0.5) is 5.82 Å². The van der Waals surface area contributed by atoms with Crippen LogP contribution in [0.2, 0.25) is 0 Å². The SMILES string of the molecule is COc1ccc(CCC(=O)N2CCCC2c2ccc3c(N)nc(C)nc3n2)cc1. The third-order valence-corrected chi connectivity index (χ3v) is 5.42. The first-order valence-corrected chi connectivity index (χ1v) is 9.88. The summed E-state index contributed by atoms with van der Waals surface area (Å²) in [7, 11) is 1.65. The lowest BCUT2D eigenvalue weighted by Gasteiger charge is -2.24. The van der Waals surface area contributed by atoms with Gasteiger partial charge in [-0.25, -0.2) is 15.0 Å². The minimum atomic E-state index is -0.0146. The quantitative estimate of drug-likeness (QED) is 0.718. The number of nitrogen functional groups attached to an aromatic ring is 1. The predicted molar refractivity (Wildman–Crippen MR) is 111 cm³/mol. The number of anilines is 1. The number of carbonyl (C=O) groups excluding carboxylic acids is 1. The molecule has 0 aliphatic carbocycles. The van der Waals surface area contributed by atoms with Gasteiger partial charge in [0.25, 0.3) is 0 Å². The van der Waals surface area contributed by atoms with Crippen LogP contribution in [0.25, 0.3) is 11.0 Å². The second-order valence-electron chi connectivity index (χ2n) is 7.36. The first-order valence-electron chi connectivity index (χ1n) is 9.88. The molecule has 29 heavy (non-hydrogen) atoms. The van der Waals surface area contributed by atoms with Crippen molar-refractivity contribution in [3.8, 4) is 5.75 Å². The van der Waals surface area contributed by atoms with E-state index in [2.05, 4.69) is 9.97 Å². The van der Waals surface area contributed by atoms with Crippen LogP contribution in [0.1, 0.15) is 42.4 Å². The number of hydrogen-bond donors (Lipinski definition) is 1. The van der Waals surface area contributed by atoms with Crippen LogP contribution >= 0.6 is 0 Å². The lowest BCUT2D eigenvalue weighted by Crippen LogP contribution is -2.31. The highest BCUT2D eigenvalue weighted by Crippen LogP contribution is 2.32. The fourth-order valence-electron chi connectivity index (χ4n) is 3.91. The van der Waals surface area contributed by atoms with Gasteiger partial charge in [0.05, 0.1) is 24.2 Å². The van der Waals surface area contributed by atoms with Crippen molar-refractivity contribution in [1.82, 2.24) is 19.9 Å². The number of carbonyl (C=O) groups is 1. The van der Waals surface area contributed by atoms with Crippen LogP contribution in [0, 0.1) is 6.92 Å². The molecule has 2 aromatic heterocycles. The van der Waals surface area contributed by atoms with Gasteiger partial charge in [0.1, 0.15) is 17.4 Å². The molecule has 3 aromatic rings. The summed E-state index contributed by atoms with van der Waals surface area (Å²) in [5.41, 5.74) is 8.57. The number of likely N-dealkylation sites (tertiary alicyclic amines) is 1. The van der Waals surface area contributed by atoms with E-state index >= 15 is 0 Å². The summed E-state index contributed by atoms with van der Waals surface area (Å²) < 4.78 is 5.19. The number of aryl methyl sites for hydroxylation is 2. The molecule has 1 atom stereocenters. The van der Waals surface area contributed by atoms with E-state index in [1.165, 1.54) is 0 Å². The molecule has 7 heteroatoms. The summed E-state index contributed by atoms with van der Waals surface area (Å²) in [5.74, 6) is 2.01. The molecule has 0 radical (unpaired) electrons. The van der Waals surface area contributed by atoms with Crippen LogP contribution in [-0.2, 0) is 11.2 Å². The molecule has 1 aromatic carbocycles. The van der Waals surface area contributed by atoms with Crippen molar-refractivity contribution in [1.29, 1.82) is 0 Å². The van der Waals surface area contributed by atoms with Gasteiger partial charge >= 0.3 is 0 Å². The maximum atomic E-state index is 12.9. The summed E-state index contributed by atoms with van der Waals surface area (Å²) >= 11 is 0. The number of pyridine rings is 1. The number of nitrogens with zero attached hydrogens (tertiary/aromatic N) is 4. The maximum absolute atomic E-state index is 12.9. The van der Waals surface area contributed by atoms with Crippen molar-refractivity contribution >= 4 is 22.8 Å². The number of aromatic nitrogens is 3. The second-order valence-corrected chi connectivity index (χ2v) is 7.36. The number of ether oxygens (including phenoxy) is 1. The van der Waals surface area contributed by atoms with E-state index in [0.29, 0.717) is 30.1 Å². The molecule has 1 aliphatic heterocycles. The molecule has 0 spiro atoms. The lowest BCUT2D eigenvalue weighted by molar-refractivity contribution is -0.132. The van der Waals surface area contributed by atoms with E-state index in [9.17, 15) is 4.79 Å². The molecule has 1 amide bonds. The molecule has 1 saturated heterocycles. The number of hydrogen-bond acceptors (Lipinski definition) is 6. The average molecular weight is 391 g/mol. The summed E-state index contributed by atoms with van der Waals surface area (Å²) in [6, 6.07) is 11.7. The van der Waals surface area contributed by atoms with E-state index in [1.54, 1.807) is 14.0 Å². The van der Waals surface area contributed by atoms with Gasteiger partial charge in [0.15, 0.2) is 5.65 Å². The zero-order chi connectivity index (χ0) is 20.4. The number of nitrogens with two attached hydrogens (primary N) is 1. The monoisotopic (exact) mass is 391 g/mol. The van der Waals surface area contributed by atoms with Gasteiger partial charge in [-0.1, -0.05) is 12.1 Å². The summed E-state index contributed by atoms with van der Waals surface area (Å²) in [6.45, 7) is 2.56. The molecule has 4 rings (SSSR count). The van der Waals surface area contributed by atoms with Crippen molar-refractivity contribution in [2.45, 2.75) is 38.6 Å². The molecule has 0 bridgehead atoms. The van der Waals surface area contributed by atoms with E-state index < -0.39 is 0 Å². The predicted octanol–water partition coefficient (Wildman–Crippen LogP) is 3.22. The Bertz CT molecular complexity index is 1040. The Morgan fingerprint density at radius 1 is 1.17 bits per heavy atom. The maximum Gasteiger partial charge on any atom is 0.223 e. The zero-order valence-corrected chi connectivity index (χ0v) is 16.8. The van der Waals surface area contributed by atoms with Crippen molar-refractivity contribution < 1.29 is 9.53 Å². The van der Waals surface area contributed by atoms with Crippen LogP contribution in [0.15, 0.2) is 36.4 Å². The number of amides is 1. The highest BCUT2D eigenvalue weighted by atomic mass is 16.5. The Kier molecular flexibility index (Phi) is 5.29. The van der Waals surface area contributed by atoms with Crippen LogP contribution < -0.4 is 10.5 Å². The highest BCUT2D eigenvalue weighted by molar-refractivity contribution is 5.85. The van der Waals surface area contributed by atoms with Crippen LogP contribution in [0.3, 0.4) is 0 Å². The number of benzene rings is 1. The summed E-state index contributed by atoms with van der Waals surface area (Å²) in [4.78, 5) is 28.2. The molecule has 7 nitrogen and oxygen atoms in total. The summed E-state index contributed by atoms with van der Waals surface area (Å²) in [6.07, 6.45) is 3.07. The van der Waals surface area contributed by atoms with Crippen molar-refractivity contribution in [2.24, 2.45) is 0 Å². The Morgan fingerprint density at radius 2 is 1.97 bits per heavy atom. The van der Waals surface area contributed by atoms with E-state index in [1.807, 2.05) is 41.3 Å². The van der Waals surface area contributed by atoms with Gasteiger partial charge in [-0.15, -0.1) is 0 Å². The van der Waals surface area contributed by atoms with Crippen molar-refractivity contribution in [3.05, 3.63) is 53.5 Å². The molecular formula is C22H25N5O2. The Morgan fingerprint density at radius 3 is 2.72 bits per heavy atom. The molecule has 1 unspecified atom stereocenters. The fourth-order valence-corrected chi connectivity index (χ4v) is 3.91. The smallest absolute Gasteiger partial charge is 0.223 e. The number of fused-ring (bicyclic) bond motifs is 1. The molecule has 1 fully saturated rings. The fraction of sp³-hybridized carbons (Fsp3) is 0.364. The lowest BCUT2D eigenvalue weighted by atomic mass is 10.1. The highest BCUT2D eigenvalue weighted by Gasteiger charge is 2.30. The number of methoxy groups -OCH3 is 1. The molecule has 0 saturated carbocycles. The molecule has 150 valence electrons. The second kappa shape index (κ2) is 8.03. The van der Waals surface area contributed by atoms with Crippen molar-refractivity contribution in [2.75, 3.05) is 19.4 Å². The Balaban J connectivity index is 1.49. The van der Waals surface area contributed by atoms with Gasteiger partial charge in [-0.3, -0.25) is 4.79 Å². The van der Waals surface area contributed by atoms with Crippen molar-refractivity contribution in [3.63, 3.8) is 0 Å². The number of rotatable bonds is 5. The zero-order valence-electron chi connectivity index (χ0n) is 16.8. The Labute approximate surface area is 169 Å². The minimum Gasteiger partial charge on any atom is -0.497 e. The Hall–Kier alpha value is -3.22. The third kappa shape index (κ3) is 3.99. The summed E-state index contributed by atoms with van der Waals surface area (Å²) in [5, 5.41) is 0.745. The van der Waals surface area contributed by atoms with Crippen LogP contribution in [-0.4, -0.2) is 39.4 Å². The van der Waals surface area contributed by atoms with Gasteiger partial charge in [0.2, 0.25) is 5.91 Å². The van der Waals surface area contributed by atoms with Gasteiger partial charge < -0.3 is 15.4 Å². The standard InChI is InChI=1S/C22H25N5O2/c1-14-24-21(23)17-10-11-18(26-22(17)25-14)19-4-3-13-27(19)20(28)12-7-15-5-8-16(29-2)9-6-15/h5-6,8-11,19H,3-4,7,12-13H2,1-2H3,(H2,23,24,25,26). The topological polar surface area (TPSA) is 94.2 Å². The van der Waals surface area contributed by atoms with Crippen LogP contribution in [0.5, 0.6) is 5.75 Å². The first kappa shape index (κ1) is 19.1. The van der Waals surface area contributed by atoms with Gasteiger partial charge in [0, 0.05) is 13.0 Å². The molecule has 3 heterocycles. The van der Waals surface area contributed by atoms with E-state index in [0.717, 1.165) is 41.8 Å². The molecule has 2 N–H and O–H groups in total. The van der Waals surface area contributed by atoms with Gasteiger partial charge in [-0.05, 0) is 56.0 Å². The largest absolute Gasteiger partial charge is 0.497 e. The normalized spacial score (nSPS) is 16.3. The third-order valence-electron chi connectivity index (χ3n) is 5.42. The average Bonchev–Trinajstić information content (AvgIpc) is 3.22. The van der Waals surface area contributed by atoms with E-state index in [4.69, 9.17) is 15.5 Å². The molecular weight excluding hydrogens is 366 g/mol. The first-order chi connectivity index (χ1) is 14.0. The van der Waals surface area contributed by atoms with Gasteiger partial charge in [-0.2, -0.15) is 0 Å². The molecule has 1 aliphatic rings. The minimum absolute atomic E-state index is 0.0146. The van der Waals surface area contributed by atoms with E-state index in [-0.39, 0.29) is 11.9 Å².